The highest BCUT2D eigenvalue weighted by Gasteiger charge is 2.34. The van der Waals surface area contributed by atoms with Gasteiger partial charge >= 0.3 is 5.97 Å². The lowest BCUT2D eigenvalue weighted by atomic mass is 9.72. The third-order valence-corrected chi connectivity index (χ3v) is 4.26. The Balaban J connectivity index is 2.59. The van der Waals surface area contributed by atoms with E-state index in [2.05, 4.69) is 6.58 Å². The Hall–Kier alpha value is -2.31. The van der Waals surface area contributed by atoms with Gasteiger partial charge in [-0.1, -0.05) is 18.2 Å². The first-order chi connectivity index (χ1) is 10.8. The maximum atomic E-state index is 11.0. The Labute approximate surface area is 133 Å². The molecular weight excluding hydrogens is 300 g/mol. The van der Waals surface area contributed by atoms with Gasteiger partial charge in [-0.3, -0.25) is 0 Å². The predicted octanol–water partition coefficient (Wildman–Crippen LogP) is 1.76. The average molecular weight is 320 g/mol. The van der Waals surface area contributed by atoms with Crippen LogP contribution >= 0.6 is 0 Å². The van der Waals surface area contributed by atoms with Crippen molar-refractivity contribution in [1.29, 1.82) is 0 Å². The molecule has 1 aliphatic carbocycles. The molecule has 1 aromatic rings. The maximum Gasteiger partial charge on any atom is 0.335 e. The molecule has 0 fully saturated rings. The topological polar surface area (TPSA) is 118 Å². The molecule has 0 saturated carbocycles. The largest absolute Gasteiger partial charge is 0.507 e. The van der Waals surface area contributed by atoms with Crippen molar-refractivity contribution in [2.75, 3.05) is 6.61 Å². The fourth-order valence-electron chi connectivity index (χ4n) is 3.03. The fourth-order valence-corrected chi connectivity index (χ4v) is 3.03. The van der Waals surface area contributed by atoms with Crippen LogP contribution in [0.5, 0.6) is 11.5 Å². The minimum atomic E-state index is -1.26. The number of aliphatic hydroxyl groups is 2. The Morgan fingerprint density at radius 3 is 2.30 bits per heavy atom. The van der Waals surface area contributed by atoms with Crippen LogP contribution in [0.15, 0.2) is 35.9 Å². The SMILES string of the molecule is C=C(C)[C@@H]1CC(O)C(CO)=CC1c1c(O)cc(C(=O)O)cc1O. The lowest BCUT2D eigenvalue weighted by Gasteiger charge is -2.34. The van der Waals surface area contributed by atoms with Crippen LogP contribution in [-0.2, 0) is 0 Å². The van der Waals surface area contributed by atoms with Gasteiger partial charge in [0.25, 0.3) is 0 Å². The zero-order valence-electron chi connectivity index (χ0n) is 12.7. The molecule has 6 nitrogen and oxygen atoms in total. The van der Waals surface area contributed by atoms with Gasteiger partial charge in [-0.05, 0) is 37.0 Å². The van der Waals surface area contributed by atoms with Gasteiger partial charge in [0.1, 0.15) is 11.5 Å². The first-order valence-electron chi connectivity index (χ1n) is 7.20. The first kappa shape index (κ1) is 17.1. The van der Waals surface area contributed by atoms with Crippen LogP contribution < -0.4 is 0 Å². The van der Waals surface area contributed by atoms with E-state index in [0.29, 0.717) is 12.0 Å². The molecule has 3 atom stereocenters. The summed E-state index contributed by atoms with van der Waals surface area (Å²) in [5, 5.41) is 48.7. The predicted molar refractivity (Wildman–Crippen MR) is 83.6 cm³/mol. The monoisotopic (exact) mass is 320 g/mol. The molecule has 0 saturated heterocycles. The quantitative estimate of drug-likeness (QED) is 0.539. The molecule has 5 N–H and O–H groups in total. The Kier molecular flexibility index (Phi) is 4.77. The molecule has 0 aromatic heterocycles. The van der Waals surface area contributed by atoms with Crippen LogP contribution in [0.3, 0.4) is 0 Å². The molecule has 2 unspecified atom stereocenters. The van der Waals surface area contributed by atoms with Crippen molar-refractivity contribution < 1.29 is 30.3 Å². The molecule has 23 heavy (non-hydrogen) atoms. The number of rotatable bonds is 4. The molecule has 0 heterocycles. The van der Waals surface area contributed by atoms with Gasteiger partial charge in [-0.2, -0.15) is 0 Å². The van der Waals surface area contributed by atoms with E-state index in [1.807, 2.05) is 0 Å². The van der Waals surface area contributed by atoms with Crippen molar-refractivity contribution in [3.63, 3.8) is 0 Å². The number of phenolic OH excluding ortho intramolecular Hbond substituents is 2. The standard InChI is InChI=1S/C17H20O6/c1-8(2)11-6-13(19)10(7-18)3-12(11)16-14(20)4-9(17(22)23)5-15(16)21/h3-5,11-13,18-21H,1,6-7H2,2H3,(H,22,23)/t11-,12?,13?/m0/s1. The molecular formula is C17H20O6. The average Bonchev–Trinajstić information content (AvgIpc) is 2.47. The van der Waals surface area contributed by atoms with Crippen LogP contribution in [0.4, 0.5) is 0 Å². The van der Waals surface area contributed by atoms with Gasteiger partial charge in [-0.15, -0.1) is 0 Å². The van der Waals surface area contributed by atoms with E-state index >= 15 is 0 Å². The number of carboxylic acids is 1. The summed E-state index contributed by atoms with van der Waals surface area (Å²) >= 11 is 0. The number of aromatic hydroxyl groups is 2. The van der Waals surface area contributed by atoms with Crippen molar-refractivity contribution in [2.45, 2.75) is 25.4 Å². The summed E-state index contributed by atoms with van der Waals surface area (Å²) in [6.45, 7) is 5.33. The highest BCUT2D eigenvalue weighted by Crippen LogP contribution is 2.46. The molecule has 2 rings (SSSR count). The molecule has 124 valence electrons. The van der Waals surface area contributed by atoms with Gasteiger partial charge in [0.05, 0.1) is 18.3 Å². The summed E-state index contributed by atoms with van der Waals surface area (Å²) in [4.78, 5) is 11.0. The summed E-state index contributed by atoms with van der Waals surface area (Å²) in [5.41, 5.74) is 1.09. The number of benzene rings is 1. The van der Waals surface area contributed by atoms with Crippen LogP contribution in [0.1, 0.15) is 35.2 Å². The smallest absolute Gasteiger partial charge is 0.335 e. The van der Waals surface area contributed by atoms with Gasteiger partial charge in [0.15, 0.2) is 0 Å². The maximum absolute atomic E-state index is 11.0. The van der Waals surface area contributed by atoms with Crippen LogP contribution in [0.25, 0.3) is 0 Å². The highest BCUT2D eigenvalue weighted by molar-refractivity contribution is 5.89. The molecule has 6 heteroatoms. The fraction of sp³-hybridized carbons (Fsp3) is 0.353. The normalized spacial score (nSPS) is 24.1. The second-order valence-corrected chi connectivity index (χ2v) is 5.86. The van der Waals surface area contributed by atoms with E-state index in [0.717, 1.165) is 17.7 Å². The van der Waals surface area contributed by atoms with Crippen molar-refractivity contribution in [2.24, 2.45) is 5.92 Å². The number of hydrogen-bond donors (Lipinski definition) is 5. The Morgan fingerprint density at radius 2 is 1.87 bits per heavy atom. The Morgan fingerprint density at radius 1 is 1.30 bits per heavy atom. The molecule has 0 radical (unpaired) electrons. The van der Waals surface area contributed by atoms with Gasteiger partial charge < -0.3 is 25.5 Å². The first-order valence-corrected chi connectivity index (χ1v) is 7.20. The van der Waals surface area contributed by atoms with Crippen molar-refractivity contribution in [1.82, 2.24) is 0 Å². The van der Waals surface area contributed by atoms with Crippen molar-refractivity contribution in [3.05, 3.63) is 47.1 Å². The van der Waals surface area contributed by atoms with Crippen LogP contribution in [0, 0.1) is 5.92 Å². The van der Waals surface area contributed by atoms with Gasteiger partial charge in [0.2, 0.25) is 0 Å². The lowest BCUT2D eigenvalue weighted by Crippen LogP contribution is -2.28. The van der Waals surface area contributed by atoms with Crippen LogP contribution in [-0.4, -0.2) is 44.2 Å². The summed E-state index contributed by atoms with van der Waals surface area (Å²) in [5.74, 6) is -2.72. The number of aliphatic hydroxyl groups excluding tert-OH is 2. The zero-order valence-corrected chi connectivity index (χ0v) is 12.7. The summed E-state index contributed by atoms with van der Waals surface area (Å²) < 4.78 is 0. The van der Waals surface area contributed by atoms with E-state index in [1.54, 1.807) is 13.0 Å². The van der Waals surface area contributed by atoms with E-state index in [9.17, 15) is 25.2 Å². The molecule has 0 amide bonds. The number of aromatic carboxylic acids is 1. The third-order valence-electron chi connectivity index (χ3n) is 4.26. The number of carboxylic acid groups (broad SMARTS) is 1. The second kappa shape index (κ2) is 6.44. The minimum absolute atomic E-state index is 0.167. The summed E-state index contributed by atoms with van der Waals surface area (Å²) in [6.07, 6.45) is 1.08. The summed E-state index contributed by atoms with van der Waals surface area (Å²) in [7, 11) is 0. The molecule has 1 aliphatic rings. The molecule has 0 aliphatic heterocycles. The van der Waals surface area contributed by atoms with E-state index in [4.69, 9.17) is 5.11 Å². The van der Waals surface area contributed by atoms with Gasteiger partial charge in [-0.25, -0.2) is 4.79 Å². The third kappa shape index (κ3) is 3.23. The molecule has 0 bridgehead atoms. The Bertz CT molecular complexity index is 653. The highest BCUT2D eigenvalue weighted by atomic mass is 16.4. The number of carbonyl (C=O) groups is 1. The zero-order chi connectivity index (χ0) is 17.3. The van der Waals surface area contributed by atoms with Crippen molar-refractivity contribution in [3.8, 4) is 11.5 Å². The minimum Gasteiger partial charge on any atom is -0.507 e. The number of hydrogen-bond acceptors (Lipinski definition) is 5. The number of phenols is 2. The van der Waals surface area contributed by atoms with E-state index in [1.165, 1.54) is 0 Å². The number of allylic oxidation sites excluding steroid dienone is 2. The molecule has 1 aromatic carbocycles. The van der Waals surface area contributed by atoms with E-state index in [-0.39, 0.29) is 35.2 Å². The van der Waals surface area contributed by atoms with Crippen molar-refractivity contribution >= 4 is 5.97 Å². The second-order valence-electron chi connectivity index (χ2n) is 5.86. The van der Waals surface area contributed by atoms with Crippen LogP contribution in [0.2, 0.25) is 0 Å². The lowest BCUT2D eigenvalue weighted by molar-refractivity contribution is 0.0696. The molecule has 0 spiro atoms. The van der Waals surface area contributed by atoms with E-state index < -0.39 is 18.0 Å². The summed E-state index contributed by atoms with van der Waals surface area (Å²) in [6, 6.07) is 2.15. The van der Waals surface area contributed by atoms with Gasteiger partial charge in [0, 0.05) is 11.5 Å².